The number of carboxylic acid groups (broad SMARTS) is 1. The number of benzene rings is 2. The number of carboxylic acids is 1. The van der Waals surface area contributed by atoms with E-state index in [4.69, 9.17) is 14.2 Å². The molecule has 1 atom stereocenters. The summed E-state index contributed by atoms with van der Waals surface area (Å²) in [5, 5.41) is 9.20. The first kappa shape index (κ1) is 26.3. The van der Waals surface area contributed by atoms with Crippen LogP contribution in [-0.2, 0) is 22.1 Å². The molecule has 1 N–H and O–H groups in total. The number of hydrogen-bond acceptors (Lipinski definition) is 5. The van der Waals surface area contributed by atoms with Gasteiger partial charge in [-0.05, 0) is 67.6 Å². The van der Waals surface area contributed by atoms with Gasteiger partial charge in [0.15, 0.2) is 6.10 Å². The smallest absolute Gasteiger partial charge is 0.416 e. The zero-order valence-electron chi connectivity index (χ0n) is 19.3. The minimum atomic E-state index is -4.46. The fourth-order valence-electron chi connectivity index (χ4n) is 3.37. The van der Waals surface area contributed by atoms with E-state index in [1.165, 1.54) is 4.90 Å². The van der Waals surface area contributed by atoms with Crippen LogP contribution in [0.2, 0.25) is 0 Å². The Morgan fingerprint density at radius 3 is 2.23 bits per heavy atom. The van der Waals surface area contributed by atoms with E-state index in [1.54, 1.807) is 31.2 Å². The minimum Gasteiger partial charge on any atom is -0.492 e. The third kappa shape index (κ3) is 8.47. The van der Waals surface area contributed by atoms with Gasteiger partial charge in [0, 0.05) is 19.6 Å². The first-order valence-corrected chi connectivity index (χ1v) is 11.4. The molecule has 0 heterocycles. The summed E-state index contributed by atoms with van der Waals surface area (Å²) in [5.41, 5.74) is -0.0309. The summed E-state index contributed by atoms with van der Waals surface area (Å²) in [6.07, 6.45) is -3.78. The van der Waals surface area contributed by atoms with Gasteiger partial charge in [0.05, 0.1) is 12.1 Å². The lowest BCUT2D eigenvalue weighted by molar-refractivity contribution is -0.150. The lowest BCUT2D eigenvalue weighted by Crippen LogP contribution is -2.38. The molecule has 1 amide bonds. The second kappa shape index (κ2) is 11.9. The molecule has 1 unspecified atom stereocenters. The number of halogens is 3. The number of rotatable bonds is 12. The largest absolute Gasteiger partial charge is 0.492 e. The van der Waals surface area contributed by atoms with Gasteiger partial charge in [-0.25, -0.2) is 9.59 Å². The van der Waals surface area contributed by atoms with Crippen LogP contribution in [0, 0.1) is 5.92 Å². The van der Waals surface area contributed by atoms with Gasteiger partial charge in [-0.3, -0.25) is 0 Å². The fourth-order valence-corrected chi connectivity index (χ4v) is 3.37. The number of amides is 1. The molecule has 0 aromatic heterocycles. The number of ether oxygens (including phenoxy) is 3. The molecule has 190 valence electrons. The van der Waals surface area contributed by atoms with Gasteiger partial charge in [-0.2, -0.15) is 13.2 Å². The monoisotopic (exact) mass is 495 g/mol. The number of hydrogen-bond donors (Lipinski definition) is 1. The number of carbonyl (C=O) groups is 2. The first-order chi connectivity index (χ1) is 16.7. The van der Waals surface area contributed by atoms with E-state index in [2.05, 4.69) is 0 Å². The van der Waals surface area contributed by atoms with Crippen LogP contribution in [0.3, 0.4) is 0 Å². The van der Waals surface area contributed by atoms with E-state index in [-0.39, 0.29) is 25.3 Å². The molecule has 2 aromatic rings. The third-order valence-electron chi connectivity index (χ3n) is 5.44. The summed E-state index contributed by atoms with van der Waals surface area (Å²) in [6.45, 7) is 2.94. The second-order valence-corrected chi connectivity index (χ2v) is 8.26. The Morgan fingerprint density at radius 1 is 1.06 bits per heavy atom. The molecule has 0 saturated heterocycles. The van der Waals surface area contributed by atoms with Crippen LogP contribution in [0.5, 0.6) is 11.5 Å². The molecule has 1 fully saturated rings. The first-order valence-electron chi connectivity index (χ1n) is 11.4. The quantitative estimate of drug-likeness (QED) is 0.445. The van der Waals surface area contributed by atoms with Gasteiger partial charge in [0.2, 0.25) is 0 Å². The van der Waals surface area contributed by atoms with Crippen LogP contribution < -0.4 is 9.47 Å². The fraction of sp³-hybridized carbons (Fsp3) is 0.440. The molecular formula is C25H28F3NO6. The van der Waals surface area contributed by atoms with Gasteiger partial charge in [-0.15, -0.1) is 0 Å². The predicted molar refractivity (Wildman–Crippen MR) is 120 cm³/mol. The number of aliphatic carboxylic acids is 1. The molecule has 1 saturated carbocycles. The normalized spacial score (nSPS) is 14.3. The lowest BCUT2D eigenvalue weighted by atomic mass is 10.1. The predicted octanol–water partition coefficient (Wildman–Crippen LogP) is 5.03. The average molecular weight is 495 g/mol. The maximum Gasteiger partial charge on any atom is 0.416 e. The van der Waals surface area contributed by atoms with Crippen molar-refractivity contribution in [3.8, 4) is 11.5 Å². The van der Waals surface area contributed by atoms with Crippen LogP contribution in [-0.4, -0.2) is 54.5 Å². The maximum absolute atomic E-state index is 12.7. The highest BCUT2D eigenvalue weighted by Gasteiger charge is 2.31. The van der Waals surface area contributed by atoms with Crippen LogP contribution in [0.15, 0.2) is 48.5 Å². The zero-order valence-corrected chi connectivity index (χ0v) is 19.3. The highest BCUT2D eigenvalue weighted by atomic mass is 19.4. The zero-order chi connectivity index (χ0) is 25.4. The molecule has 0 radical (unpaired) electrons. The highest BCUT2D eigenvalue weighted by Crippen LogP contribution is 2.31. The Hall–Kier alpha value is -3.27. The van der Waals surface area contributed by atoms with Crippen molar-refractivity contribution in [3.05, 3.63) is 59.7 Å². The van der Waals surface area contributed by atoms with Crippen molar-refractivity contribution >= 4 is 12.1 Å². The molecule has 7 nitrogen and oxygen atoms in total. The van der Waals surface area contributed by atoms with Crippen LogP contribution in [0.1, 0.15) is 30.9 Å². The van der Waals surface area contributed by atoms with Crippen molar-refractivity contribution in [1.82, 2.24) is 4.90 Å². The molecule has 0 bridgehead atoms. The third-order valence-corrected chi connectivity index (χ3v) is 5.44. The van der Waals surface area contributed by atoms with Gasteiger partial charge in [-0.1, -0.05) is 12.1 Å². The van der Waals surface area contributed by atoms with E-state index >= 15 is 0 Å². The van der Waals surface area contributed by atoms with E-state index in [0.717, 1.165) is 42.7 Å². The Bertz CT molecular complexity index is 974. The maximum atomic E-state index is 12.7. The van der Waals surface area contributed by atoms with Crippen molar-refractivity contribution in [2.24, 2.45) is 5.92 Å². The van der Waals surface area contributed by atoms with Gasteiger partial charge < -0.3 is 24.2 Å². The molecule has 0 aliphatic heterocycles. The Morgan fingerprint density at radius 2 is 1.69 bits per heavy atom. The Balaban J connectivity index is 1.51. The van der Waals surface area contributed by atoms with Crippen molar-refractivity contribution in [2.75, 3.05) is 26.3 Å². The molecule has 2 aromatic carbocycles. The van der Waals surface area contributed by atoms with Gasteiger partial charge >= 0.3 is 18.2 Å². The summed E-state index contributed by atoms with van der Waals surface area (Å²) in [4.78, 5) is 25.3. The molecule has 1 aliphatic rings. The van der Waals surface area contributed by atoms with E-state index in [0.29, 0.717) is 24.8 Å². The average Bonchev–Trinajstić information content (AvgIpc) is 3.63. The van der Waals surface area contributed by atoms with E-state index in [1.807, 2.05) is 0 Å². The number of nitrogens with zero attached hydrogens (tertiary/aromatic N) is 1. The topological polar surface area (TPSA) is 85.3 Å². The van der Waals surface area contributed by atoms with E-state index in [9.17, 15) is 27.9 Å². The van der Waals surface area contributed by atoms with Crippen LogP contribution in [0.25, 0.3) is 0 Å². The molecule has 35 heavy (non-hydrogen) atoms. The van der Waals surface area contributed by atoms with Crippen LogP contribution >= 0.6 is 0 Å². The summed E-state index contributed by atoms with van der Waals surface area (Å²) < 4.78 is 54.4. The van der Waals surface area contributed by atoms with Gasteiger partial charge in [0.1, 0.15) is 18.1 Å². The molecule has 1 aliphatic carbocycles. The van der Waals surface area contributed by atoms with Crippen molar-refractivity contribution in [3.63, 3.8) is 0 Å². The highest BCUT2D eigenvalue weighted by molar-refractivity contribution is 5.72. The minimum absolute atomic E-state index is 0.0343. The number of alkyl halides is 3. The summed E-state index contributed by atoms with van der Waals surface area (Å²) in [5.74, 6) is -0.0559. The number of carbonyl (C=O) groups excluding carboxylic acids is 1. The summed E-state index contributed by atoms with van der Waals surface area (Å²) in [6, 6.07) is 10.9. The standard InChI is InChI=1S/C25H28F3NO6/c1-2-33-22(23(30)31)15-17-5-9-20(10-6-17)34-14-13-29(16-18-3-4-18)24(32)35-21-11-7-19(8-12-21)25(26,27)28/h5-12,18,22H,2-4,13-16H2,1H3,(H,30,31). The second-order valence-electron chi connectivity index (χ2n) is 8.26. The SMILES string of the molecule is CCOC(Cc1ccc(OCCN(CC2CC2)C(=O)Oc2ccc(C(F)(F)F)cc2)cc1)C(=O)O. The van der Waals surface area contributed by atoms with Gasteiger partial charge in [0.25, 0.3) is 0 Å². The van der Waals surface area contributed by atoms with Crippen molar-refractivity contribution in [2.45, 2.75) is 38.5 Å². The lowest BCUT2D eigenvalue weighted by Gasteiger charge is -2.22. The van der Waals surface area contributed by atoms with E-state index < -0.39 is 29.9 Å². The Labute approximate surface area is 201 Å². The van der Waals surface area contributed by atoms with Crippen molar-refractivity contribution < 1.29 is 42.1 Å². The van der Waals surface area contributed by atoms with Crippen LogP contribution in [0.4, 0.5) is 18.0 Å². The molecule has 10 heteroatoms. The summed E-state index contributed by atoms with van der Waals surface area (Å²) in [7, 11) is 0. The molecule has 0 spiro atoms. The summed E-state index contributed by atoms with van der Waals surface area (Å²) >= 11 is 0. The Kier molecular flexibility index (Phi) is 8.97. The molecule has 3 rings (SSSR count). The van der Waals surface area contributed by atoms with Crippen molar-refractivity contribution in [1.29, 1.82) is 0 Å². The molecular weight excluding hydrogens is 467 g/mol.